The van der Waals surface area contributed by atoms with E-state index in [9.17, 15) is 14.7 Å². The number of amides is 2. The van der Waals surface area contributed by atoms with Gasteiger partial charge in [0.2, 0.25) is 0 Å². The Hall–Kier alpha value is -2.04. The van der Waals surface area contributed by atoms with Gasteiger partial charge in [0.25, 0.3) is 0 Å². The molecular weight excluding hydrogens is 256 g/mol. The van der Waals surface area contributed by atoms with Gasteiger partial charge in [0, 0.05) is 13.1 Å². The molecule has 0 bridgehead atoms. The molecule has 0 spiro atoms. The van der Waals surface area contributed by atoms with Gasteiger partial charge in [0.15, 0.2) is 5.54 Å². The highest BCUT2D eigenvalue weighted by atomic mass is 16.4. The first-order valence-corrected chi connectivity index (χ1v) is 6.90. The van der Waals surface area contributed by atoms with E-state index in [1.807, 2.05) is 6.07 Å². The van der Waals surface area contributed by atoms with E-state index in [0.29, 0.717) is 18.7 Å². The van der Waals surface area contributed by atoms with Crippen molar-refractivity contribution in [2.45, 2.75) is 31.7 Å². The van der Waals surface area contributed by atoms with Crippen LogP contribution in [-0.2, 0) is 10.3 Å². The standard InChI is InChI=1S/C15H20N2O3/c1-15(13(18)19,12-8-4-2-5-9-12)16-14(20)17-10-6-3-7-11-17/h2,4-5,8-9H,3,6-7,10-11H2,1H3,(H,16,20)(H,18,19). The number of carboxylic acid groups (broad SMARTS) is 1. The quantitative estimate of drug-likeness (QED) is 0.889. The van der Waals surface area contributed by atoms with E-state index in [1.165, 1.54) is 6.92 Å². The Morgan fingerprint density at radius 3 is 2.30 bits per heavy atom. The van der Waals surface area contributed by atoms with E-state index < -0.39 is 11.5 Å². The fraction of sp³-hybridized carbons (Fsp3) is 0.467. The molecule has 1 unspecified atom stereocenters. The van der Waals surface area contributed by atoms with Crippen molar-refractivity contribution in [3.8, 4) is 0 Å². The number of piperidine rings is 1. The number of hydrogen-bond acceptors (Lipinski definition) is 2. The predicted molar refractivity (Wildman–Crippen MR) is 75.4 cm³/mol. The van der Waals surface area contributed by atoms with E-state index >= 15 is 0 Å². The Morgan fingerprint density at radius 2 is 1.75 bits per heavy atom. The first-order valence-electron chi connectivity index (χ1n) is 6.90. The number of nitrogens with one attached hydrogen (secondary N) is 1. The third-order valence-corrected chi connectivity index (χ3v) is 3.78. The van der Waals surface area contributed by atoms with Gasteiger partial charge in [-0.25, -0.2) is 9.59 Å². The number of nitrogens with zero attached hydrogens (tertiary/aromatic N) is 1. The van der Waals surface area contributed by atoms with Gasteiger partial charge in [-0.05, 0) is 31.7 Å². The highest BCUT2D eigenvalue weighted by Gasteiger charge is 2.38. The number of aliphatic carboxylic acids is 1. The molecule has 1 aliphatic rings. The van der Waals surface area contributed by atoms with Gasteiger partial charge >= 0.3 is 12.0 Å². The van der Waals surface area contributed by atoms with E-state index in [4.69, 9.17) is 0 Å². The number of carbonyl (C=O) groups excluding carboxylic acids is 1. The molecule has 1 atom stereocenters. The van der Waals surface area contributed by atoms with Gasteiger partial charge in [-0.3, -0.25) is 0 Å². The first-order chi connectivity index (χ1) is 9.54. The Morgan fingerprint density at radius 1 is 1.15 bits per heavy atom. The van der Waals surface area contributed by atoms with Crippen LogP contribution in [0, 0.1) is 0 Å². The third kappa shape index (κ3) is 2.92. The molecule has 1 aliphatic heterocycles. The minimum Gasteiger partial charge on any atom is -0.479 e. The largest absolute Gasteiger partial charge is 0.479 e. The van der Waals surface area contributed by atoms with Crippen LogP contribution in [0.5, 0.6) is 0 Å². The molecule has 0 aromatic heterocycles. The summed E-state index contributed by atoms with van der Waals surface area (Å²) >= 11 is 0. The van der Waals surface area contributed by atoms with Crippen molar-refractivity contribution in [3.05, 3.63) is 35.9 Å². The highest BCUT2D eigenvalue weighted by Crippen LogP contribution is 2.22. The molecule has 2 N–H and O–H groups in total. The second-order valence-electron chi connectivity index (χ2n) is 5.27. The van der Waals surface area contributed by atoms with Gasteiger partial charge in [-0.1, -0.05) is 30.3 Å². The first kappa shape index (κ1) is 14.4. The number of rotatable bonds is 3. The van der Waals surface area contributed by atoms with Crippen molar-refractivity contribution in [2.75, 3.05) is 13.1 Å². The molecule has 5 nitrogen and oxygen atoms in total. The summed E-state index contributed by atoms with van der Waals surface area (Å²) in [4.78, 5) is 25.5. The van der Waals surface area contributed by atoms with Crippen molar-refractivity contribution >= 4 is 12.0 Å². The molecule has 0 saturated carbocycles. The van der Waals surface area contributed by atoms with E-state index in [1.54, 1.807) is 29.2 Å². The molecule has 1 aromatic carbocycles. The Kier molecular flexibility index (Phi) is 4.27. The zero-order valence-corrected chi connectivity index (χ0v) is 11.6. The van der Waals surface area contributed by atoms with Gasteiger partial charge in [0.05, 0.1) is 0 Å². The number of likely N-dealkylation sites (tertiary alicyclic amines) is 1. The van der Waals surface area contributed by atoms with Crippen LogP contribution in [-0.4, -0.2) is 35.1 Å². The summed E-state index contributed by atoms with van der Waals surface area (Å²) in [6.45, 7) is 2.90. The lowest BCUT2D eigenvalue weighted by atomic mass is 9.92. The van der Waals surface area contributed by atoms with Crippen LogP contribution in [0.2, 0.25) is 0 Å². The summed E-state index contributed by atoms with van der Waals surface area (Å²) in [5.41, 5.74) is -0.839. The SMILES string of the molecule is CC(NC(=O)N1CCCCC1)(C(=O)O)c1ccccc1. The van der Waals surface area contributed by atoms with E-state index in [0.717, 1.165) is 19.3 Å². The molecule has 5 heteroatoms. The van der Waals surface area contributed by atoms with Crippen molar-refractivity contribution in [1.29, 1.82) is 0 Å². The van der Waals surface area contributed by atoms with Gasteiger partial charge in [-0.2, -0.15) is 0 Å². The molecule has 1 aromatic rings. The topological polar surface area (TPSA) is 69.6 Å². The van der Waals surface area contributed by atoms with Crippen LogP contribution in [0.3, 0.4) is 0 Å². The van der Waals surface area contributed by atoms with E-state index in [-0.39, 0.29) is 6.03 Å². The predicted octanol–water partition coefficient (Wildman–Crippen LogP) is 2.18. The molecule has 2 rings (SSSR count). The summed E-state index contributed by atoms with van der Waals surface area (Å²) < 4.78 is 0. The maximum Gasteiger partial charge on any atom is 0.333 e. The van der Waals surface area contributed by atoms with Crippen molar-refractivity contribution in [1.82, 2.24) is 10.2 Å². The Balaban J connectivity index is 2.17. The molecule has 2 amide bonds. The number of hydrogen-bond donors (Lipinski definition) is 2. The van der Waals surface area contributed by atoms with Gasteiger partial charge in [-0.15, -0.1) is 0 Å². The van der Waals surface area contributed by atoms with Gasteiger partial charge in [0.1, 0.15) is 0 Å². The monoisotopic (exact) mass is 276 g/mol. The van der Waals surface area contributed by atoms with Crippen molar-refractivity contribution in [3.63, 3.8) is 0 Å². The van der Waals surface area contributed by atoms with Crippen LogP contribution < -0.4 is 5.32 Å². The third-order valence-electron chi connectivity index (χ3n) is 3.78. The zero-order valence-electron chi connectivity index (χ0n) is 11.6. The fourth-order valence-electron chi connectivity index (χ4n) is 2.41. The van der Waals surface area contributed by atoms with Crippen LogP contribution >= 0.6 is 0 Å². The summed E-state index contributed by atoms with van der Waals surface area (Å²) in [6.07, 6.45) is 3.07. The number of urea groups is 1. The summed E-state index contributed by atoms with van der Waals surface area (Å²) in [7, 11) is 0. The molecular formula is C15H20N2O3. The zero-order chi connectivity index (χ0) is 14.6. The van der Waals surface area contributed by atoms with Crippen molar-refractivity contribution in [2.24, 2.45) is 0 Å². The molecule has 1 fully saturated rings. The lowest BCUT2D eigenvalue weighted by molar-refractivity contribution is -0.144. The molecule has 20 heavy (non-hydrogen) atoms. The van der Waals surface area contributed by atoms with Crippen LogP contribution in [0.4, 0.5) is 4.79 Å². The molecule has 1 saturated heterocycles. The minimum absolute atomic E-state index is 0.307. The van der Waals surface area contributed by atoms with Crippen LogP contribution in [0.1, 0.15) is 31.7 Å². The van der Waals surface area contributed by atoms with Crippen molar-refractivity contribution < 1.29 is 14.7 Å². The average molecular weight is 276 g/mol. The summed E-state index contributed by atoms with van der Waals surface area (Å²) in [5, 5.41) is 12.2. The molecule has 108 valence electrons. The van der Waals surface area contributed by atoms with Crippen LogP contribution in [0.15, 0.2) is 30.3 Å². The molecule has 0 radical (unpaired) electrons. The lowest BCUT2D eigenvalue weighted by Crippen LogP contribution is -2.54. The Labute approximate surface area is 118 Å². The lowest BCUT2D eigenvalue weighted by Gasteiger charge is -2.32. The second kappa shape index (κ2) is 5.94. The minimum atomic E-state index is -1.41. The summed E-state index contributed by atoms with van der Waals surface area (Å²) in [5.74, 6) is -1.06. The normalized spacial score (nSPS) is 18.1. The fourth-order valence-corrected chi connectivity index (χ4v) is 2.41. The summed E-state index contributed by atoms with van der Waals surface area (Å²) in [6, 6.07) is 8.47. The van der Waals surface area contributed by atoms with Gasteiger partial charge < -0.3 is 15.3 Å². The molecule has 1 heterocycles. The maximum atomic E-state index is 12.2. The molecule has 0 aliphatic carbocycles. The van der Waals surface area contributed by atoms with E-state index in [2.05, 4.69) is 5.32 Å². The van der Waals surface area contributed by atoms with Crippen LogP contribution in [0.25, 0.3) is 0 Å². The highest BCUT2D eigenvalue weighted by molar-refractivity contribution is 5.87. The number of benzene rings is 1. The maximum absolute atomic E-state index is 12.2. The smallest absolute Gasteiger partial charge is 0.333 e. The number of carboxylic acids is 1. The number of carbonyl (C=O) groups is 2. The Bertz CT molecular complexity index is 483. The second-order valence-corrected chi connectivity index (χ2v) is 5.27. The average Bonchev–Trinajstić information content (AvgIpc) is 2.48.